The summed E-state index contributed by atoms with van der Waals surface area (Å²) in [5.74, 6) is 0. The van der Waals surface area contributed by atoms with Crippen molar-refractivity contribution >= 4 is 9.73 Å². The van der Waals surface area contributed by atoms with Gasteiger partial charge in [0.25, 0.3) is 0 Å². The fraction of sp³-hybridized carbons (Fsp3) is 0.250. The third-order valence-corrected chi connectivity index (χ3v) is 1.59. The molecular weight excluding hydrogens is 124 g/mol. The molecule has 1 atom stereocenters. The molecule has 0 radical (unpaired) electrons. The minimum atomic E-state index is -2.39. The van der Waals surface area contributed by atoms with Crippen molar-refractivity contribution in [3.05, 3.63) is 12.0 Å². The number of nitriles is 1. The van der Waals surface area contributed by atoms with Crippen LogP contribution in [0.15, 0.2) is 16.3 Å². The minimum absolute atomic E-state index is 1.16. The zero-order valence-corrected chi connectivity index (χ0v) is 5.31. The average Bonchev–Trinajstić information content (AvgIpc) is 1.67. The second kappa shape index (κ2) is 2.48. The van der Waals surface area contributed by atoms with Gasteiger partial charge in [0.05, 0.1) is 9.73 Å². The Morgan fingerprint density at radius 1 is 2.00 bits per heavy atom. The molecule has 4 heteroatoms. The van der Waals surface area contributed by atoms with Gasteiger partial charge in [0, 0.05) is 11.7 Å². The van der Waals surface area contributed by atoms with Crippen LogP contribution in [-0.4, -0.2) is 10.5 Å². The van der Waals surface area contributed by atoms with Crippen molar-refractivity contribution in [1.29, 1.82) is 5.26 Å². The van der Waals surface area contributed by atoms with Crippen LogP contribution in [-0.2, 0) is 9.73 Å². The monoisotopic (exact) mass is 130 g/mol. The highest BCUT2D eigenvalue weighted by atomic mass is 32.2. The van der Waals surface area contributed by atoms with Crippen LogP contribution in [0.1, 0.15) is 0 Å². The standard InChI is InChI=1S/C4H6N2OS/c1-3-8(2,7)6-4-5/h3H,1H2,2H3. The van der Waals surface area contributed by atoms with Gasteiger partial charge in [0.1, 0.15) is 0 Å². The highest BCUT2D eigenvalue weighted by Gasteiger charge is 1.87. The van der Waals surface area contributed by atoms with Gasteiger partial charge in [0.2, 0.25) is 6.19 Å². The van der Waals surface area contributed by atoms with Gasteiger partial charge in [-0.2, -0.15) is 5.26 Å². The van der Waals surface area contributed by atoms with Crippen LogP contribution in [0.4, 0.5) is 0 Å². The molecule has 0 aromatic heterocycles. The summed E-state index contributed by atoms with van der Waals surface area (Å²) in [5, 5.41) is 9.05. The van der Waals surface area contributed by atoms with E-state index in [0.29, 0.717) is 0 Å². The van der Waals surface area contributed by atoms with Crippen LogP contribution in [0.5, 0.6) is 0 Å². The molecule has 0 rings (SSSR count). The molecule has 44 valence electrons. The zero-order valence-electron chi connectivity index (χ0n) is 4.50. The molecule has 0 amide bonds. The fourth-order valence-corrected chi connectivity index (χ4v) is 0.355. The van der Waals surface area contributed by atoms with Crippen LogP contribution in [0, 0.1) is 11.5 Å². The summed E-state index contributed by atoms with van der Waals surface area (Å²) in [6, 6.07) is 0. The van der Waals surface area contributed by atoms with E-state index >= 15 is 0 Å². The fourth-order valence-electron chi connectivity index (χ4n) is 0.118. The molecule has 0 saturated carbocycles. The van der Waals surface area contributed by atoms with Gasteiger partial charge in [-0.25, -0.2) is 4.21 Å². The van der Waals surface area contributed by atoms with E-state index < -0.39 is 9.73 Å². The average molecular weight is 130 g/mol. The molecule has 0 aliphatic rings. The summed E-state index contributed by atoms with van der Waals surface area (Å²) in [6.45, 7) is 3.23. The Hall–Kier alpha value is -0.820. The van der Waals surface area contributed by atoms with Crippen molar-refractivity contribution in [2.75, 3.05) is 6.26 Å². The Labute approximate surface area is 48.8 Å². The molecule has 0 aromatic rings. The van der Waals surface area contributed by atoms with E-state index in [1.807, 2.05) is 0 Å². The first-order chi connectivity index (χ1) is 3.62. The van der Waals surface area contributed by atoms with Crippen LogP contribution < -0.4 is 0 Å². The maximum absolute atomic E-state index is 10.6. The van der Waals surface area contributed by atoms with E-state index in [9.17, 15) is 4.21 Å². The lowest BCUT2D eigenvalue weighted by Gasteiger charge is -1.84. The van der Waals surface area contributed by atoms with Gasteiger partial charge in [-0.3, -0.25) is 0 Å². The lowest BCUT2D eigenvalue weighted by molar-refractivity contribution is 0.686. The predicted molar refractivity (Wildman–Crippen MR) is 32.3 cm³/mol. The third-order valence-electron chi connectivity index (χ3n) is 0.531. The van der Waals surface area contributed by atoms with Gasteiger partial charge in [0.15, 0.2) is 0 Å². The highest BCUT2D eigenvalue weighted by molar-refractivity contribution is 7.95. The first kappa shape index (κ1) is 7.18. The quantitative estimate of drug-likeness (QED) is 0.491. The van der Waals surface area contributed by atoms with E-state index in [1.54, 1.807) is 0 Å². The summed E-state index contributed by atoms with van der Waals surface area (Å²) >= 11 is 0. The molecule has 0 saturated heterocycles. The van der Waals surface area contributed by atoms with Crippen LogP contribution in [0.25, 0.3) is 0 Å². The van der Waals surface area contributed by atoms with Crippen molar-refractivity contribution in [3.63, 3.8) is 0 Å². The molecule has 0 aromatic carbocycles. The molecule has 0 aliphatic carbocycles. The lowest BCUT2D eigenvalue weighted by atomic mass is 11.3. The summed E-state index contributed by atoms with van der Waals surface area (Å²) in [4.78, 5) is 0. The summed E-state index contributed by atoms with van der Waals surface area (Å²) < 4.78 is 13.7. The van der Waals surface area contributed by atoms with E-state index in [1.165, 1.54) is 12.4 Å². The predicted octanol–water partition coefficient (Wildman–Crippen LogP) is 0.709. The summed E-state index contributed by atoms with van der Waals surface area (Å²) in [5.41, 5.74) is 0. The Kier molecular flexibility index (Phi) is 2.22. The van der Waals surface area contributed by atoms with Gasteiger partial charge in [-0.05, 0) is 0 Å². The Bertz CT molecular complexity index is 229. The first-order valence-corrected chi connectivity index (χ1v) is 3.84. The smallest absolute Gasteiger partial charge is 0.214 e. The van der Waals surface area contributed by atoms with E-state index in [0.717, 1.165) is 5.41 Å². The molecule has 1 unspecified atom stereocenters. The van der Waals surface area contributed by atoms with Gasteiger partial charge in [-0.1, -0.05) is 6.58 Å². The topological polar surface area (TPSA) is 53.2 Å². The largest absolute Gasteiger partial charge is 0.245 e. The highest BCUT2D eigenvalue weighted by Crippen LogP contribution is 1.87. The SMILES string of the molecule is C=CS(C)(=O)=NC#N. The molecule has 0 fully saturated rings. The zero-order chi connectivity index (χ0) is 6.62. The van der Waals surface area contributed by atoms with Crippen molar-refractivity contribution in [3.8, 4) is 6.19 Å². The van der Waals surface area contributed by atoms with Crippen LogP contribution in [0.3, 0.4) is 0 Å². The van der Waals surface area contributed by atoms with Crippen LogP contribution in [0.2, 0.25) is 0 Å². The molecule has 0 aliphatic heterocycles. The lowest BCUT2D eigenvalue weighted by Crippen LogP contribution is -1.85. The number of hydrogen-bond donors (Lipinski definition) is 0. The Morgan fingerprint density at radius 2 is 2.50 bits per heavy atom. The third kappa shape index (κ3) is 2.37. The van der Waals surface area contributed by atoms with Crippen molar-refractivity contribution in [2.45, 2.75) is 0 Å². The maximum atomic E-state index is 10.6. The van der Waals surface area contributed by atoms with E-state index in [-0.39, 0.29) is 0 Å². The summed E-state index contributed by atoms with van der Waals surface area (Å²) in [7, 11) is -2.39. The Morgan fingerprint density at radius 3 is 2.62 bits per heavy atom. The summed E-state index contributed by atoms with van der Waals surface area (Å²) in [6.07, 6.45) is 2.79. The second-order valence-electron chi connectivity index (χ2n) is 1.22. The molecule has 0 heterocycles. The van der Waals surface area contributed by atoms with Gasteiger partial charge in [-0.15, -0.1) is 4.36 Å². The maximum Gasteiger partial charge on any atom is 0.214 e. The van der Waals surface area contributed by atoms with Gasteiger partial charge < -0.3 is 0 Å². The molecule has 8 heavy (non-hydrogen) atoms. The molecule has 0 N–H and O–H groups in total. The van der Waals surface area contributed by atoms with E-state index in [4.69, 9.17) is 5.26 Å². The molecule has 3 nitrogen and oxygen atoms in total. The normalized spacial score (nSPS) is 15.5. The minimum Gasteiger partial charge on any atom is -0.245 e. The second-order valence-corrected chi connectivity index (χ2v) is 3.46. The van der Waals surface area contributed by atoms with E-state index in [2.05, 4.69) is 10.9 Å². The molecule has 0 bridgehead atoms. The van der Waals surface area contributed by atoms with Crippen molar-refractivity contribution in [2.24, 2.45) is 4.36 Å². The van der Waals surface area contributed by atoms with Crippen molar-refractivity contribution in [1.82, 2.24) is 0 Å². The number of nitrogens with zero attached hydrogens (tertiary/aromatic N) is 2. The Balaban J connectivity index is 4.69. The van der Waals surface area contributed by atoms with Crippen molar-refractivity contribution < 1.29 is 4.21 Å². The number of hydrogen-bond acceptors (Lipinski definition) is 3. The first-order valence-electron chi connectivity index (χ1n) is 1.85. The molecular formula is C4H6N2OS. The van der Waals surface area contributed by atoms with Gasteiger partial charge >= 0.3 is 0 Å². The number of rotatable bonds is 1. The van der Waals surface area contributed by atoms with Crippen LogP contribution >= 0.6 is 0 Å². The molecule has 0 spiro atoms.